The lowest BCUT2D eigenvalue weighted by Gasteiger charge is -2.29. The average molecular weight is 636 g/mol. The Morgan fingerprint density at radius 1 is 1.05 bits per heavy atom. The van der Waals surface area contributed by atoms with Crippen molar-refractivity contribution in [2.45, 2.75) is 13.0 Å². The van der Waals surface area contributed by atoms with Crippen LogP contribution in [0.5, 0.6) is 11.5 Å². The number of ether oxygens (including phenoxy) is 3. The molecule has 0 atom stereocenters. The molecule has 218 valence electrons. The molecule has 0 amide bonds. The molecule has 6 rings (SSSR count). The first kappa shape index (κ1) is 28.3. The van der Waals surface area contributed by atoms with Gasteiger partial charge in [-0.05, 0) is 36.8 Å². The van der Waals surface area contributed by atoms with Gasteiger partial charge in [-0.15, -0.1) is 5.10 Å². The molecule has 11 heteroatoms. The molecule has 0 N–H and O–H groups in total. The number of hydrogen-bond acceptors (Lipinski definition) is 8. The fraction of sp³-hybridized carbons (Fsp3) is 0.323. The number of fused-ring (bicyclic) bond motifs is 1. The highest BCUT2D eigenvalue weighted by Crippen LogP contribution is 2.39. The zero-order chi connectivity index (χ0) is 28.9. The van der Waals surface area contributed by atoms with Crippen LogP contribution in [0.4, 0.5) is 15.8 Å². The standard InChI is InChI=1S/C31H32BrFN6O3/c1-40-30-17-29-24(15-31(30)42-11-3-8-37-9-12-41-13-10-37)18-34-21-39(29)26-5-2-4-22(14-26)28-20-38(36-35-28)19-23-6-7-25(32)16-27(23)33/h2,4-7,14-18,20H,3,8-13,19,21H2,1H3. The Morgan fingerprint density at radius 3 is 2.76 bits per heavy atom. The Morgan fingerprint density at radius 2 is 1.93 bits per heavy atom. The van der Waals surface area contributed by atoms with Crippen molar-refractivity contribution >= 4 is 33.5 Å². The van der Waals surface area contributed by atoms with Gasteiger partial charge in [-0.1, -0.05) is 39.3 Å². The monoisotopic (exact) mass is 634 g/mol. The summed E-state index contributed by atoms with van der Waals surface area (Å²) in [6.45, 7) is 5.88. The molecule has 9 nitrogen and oxygen atoms in total. The number of halogens is 2. The first-order valence-corrected chi connectivity index (χ1v) is 14.7. The molecule has 0 unspecified atom stereocenters. The minimum atomic E-state index is -0.287. The maximum Gasteiger partial charge on any atom is 0.162 e. The summed E-state index contributed by atoms with van der Waals surface area (Å²) < 4.78 is 34.0. The van der Waals surface area contributed by atoms with Crippen LogP contribution in [0.1, 0.15) is 17.5 Å². The van der Waals surface area contributed by atoms with Gasteiger partial charge in [-0.25, -0.2) is 9.07 Å². The molecule has 1 fully saturated rings. The van der Waals surface area contributed by atoms with E-state index in [-0.39, 0.29) is 12.4 Å². The van der Waals surface area contributed by atoms with E-state index in [1.54, 1.807) is 17.9 Å². The van der Waals surface area contributed by atoms with Crippen molar-refractivity contribution in [3.05, 3.63) is 82.2 Å². The molecule has 3 heterocycles. The number of morpholine rings is 1. The predicted molar refractivity (Wildman–Crippen MR) is 164 cm³/mol. The second-order valence-electron chi connectivity index (χ2n) is 10.2. The second-order valence-corrected chi connectivity index (χ2v) is 11.1. The van der Waals surface area contributed by atoms with Crippen LogP contribution >= 0.6 is 15.9 Å². The van der Waals surface area contributed by atoms with Crippen molar-refractivity contribution in [3.63, 3.8) is 0 Å². The Balaban J connectivity index is 1.17. The molecule has 0 saturated carbocycles. The highest BCUT2D eigenvalue weighted by molar-refractivity contribution is 9.10. The number of methoxy groups -OCH3 is 1. The van der Waals surface area contributed by atoms with E-state index in [4.69, 9.17) is 14.2 Å². The molecule has 4 aromatic rings. The summed E-state index contributed by atoms with van der Waals surface area (Å²) in [6, 6.07) is 17.1. The Kier molecular flexibility index (Phi) is 8.78. The number of benzene rings is 3. The molecule has 0 radical (unpaired) electrons. The van der Waals surface area contributed by atoms with Gasteiger partial charge in [0, 0.05) is 58.8 Å². The summed E-state index contributed by atoms with van der Waals surface area (Å²) >= 11 is 3.30. The second kappa shape index (κ2) is 13.0. The van der Waals surface area contributed by atoms with Crippen LogP contribution in [0.2, 0.25) is 0 Å². The molecule has 2 aliphatic rings. The van der Waals surface area contributed by atoms with E-state index in [0.29, 0.717) is 40.5 Å². The lowest BCUT2D eigenvalue weighted by atomic mass is 10.1. The van der Waals surface area contributed by atoms with Crippen LogP contribution in [0.15, 0.2) is 70.3 Å². The van der Waals surface area contributed by atoms with E-state index in [2.05, 4.69) is 47.1 Å². The highest BCUT2D eigenvalue weighted by Gasteiger charge is 2.21. The SMILES string of the molecule is COc1cc2c(cc1OCCCN1CCOCC1)C=NCN2c1cccc(-c2cn(Cc3ccc(Br)cc3F)nn2)c1. The van der Waals surface area contributed by atoms with Gasteiger partial charge in [0.1, 0.15) is 18.2 Å². The largest absolute Gasteiger partial charge is 0.493 e. The molecule has 1 aromatic heterocycles. The van der Waals surface area contributed by atoms with Gasteiger partial charge in [0.05, 0.1) is 45.4 Å². The maximum atomic E-state index is 14.3. The molecule has 0 bridgehead atoms. The van der Waals surface area contributed by atoms with Crippen LogP contribution in [0.3, 0.4) is 0 Å². The minimum absolute atomic E-state index is 0.287. The molecule has 0 spiro atoms. The normalized spacial score (nSPS) is 15.1. The topological polar surface area (TPSA) is 77.2 Å². The fourth-order valence-corrected chi connectivity index (χ4v) is 5.49. The third kappa shape index (κ3) is 6.48. The number of nitrogens with zero attached hydrogens (tertiary/aromatic N) is 6. The molecular weight excluding hydrogens is 603 g/mol. The third-order valence-electron chi connectivity index (χ3n) is 7.38. The van der Waals surface area contributed by atoms with Crippen molar-refractivity contribution in [2.75, 3.05) is 58.1 Å². The van der Waals surface area contributed by atoms with Gasteiger partial charge in [0.25, 0.3) is 0 Å². The summed E-state index contributed by atoms with van der Waals surface area (Å²) in [6.07, 6.45) is 4.63. The fourth-order valence-electron chi connectivity index (χ4n) is 5.15. The van der Waals surface area contributed by atoms with Crippen molar-refractivity contribution in [1.29, 1.82) is 0 Å². The van der Waals surface area contributed by atoms with Gasteiger partial charge in [-0.2, -0.15) is 0 Å². The summed E-state index contributed by atoms with van der Waals surface area (Å²) in [5.74, 6) is 1.10. The summed E-state index contributed by atoms with van der Waals surface area (Å²) in [5.41, 5.74) is 5.04. The van der Waals surface area contributed by atoms with Crippen molar-refractivity contribution in [3.8, 4) is 22.8 Å². The Hall–Kier alpha value is -3.80. The third-order valence-corrected chi connectivity index (χ3v) is 7.87. The highest BCUT2D eigenvalue weighted by atomic mass is 79.9. The molecular formula is C31H32BrFN6O3. The maximum absolute atomic E-state index is 14.3. The Bertz CT molecular complexity index is 1570. The van der Waals surface area contributed by atoms with Crippen LogP contribution in [0, 0.1) is 5.82 Å². The number of anilines is 2. The van der Waals surface area contributed by atoms with Crippen molar-refractivity contribution in [2.24, 2.45) is 4.99 Å². The van der Waals surface area contributed by atoms with Gasteiger partial charge < -0.3 is 19.1 Å². The Labute approximate surface area is 252 Å². The summed E-state index contributed by atoms with van der Waals surface area (Å²) in [7, 11) is 1.66. The lowest BCUT2D eigenvalue weighted by molar-refractivity contribution is 0.0357. The van der Waals surface area contributed by atoms with E-state index in [9.17, 15) is 4.39 Å². The van der Waals surface area contributed by atoms with Gasteiger partial charge in [0.2, 0.25) is 0 Å². The van der Waals surface area contributed by atoms with E-state index >= 15 is 0 Å². The summed E-state index contributed by atoms with van der Waals surface area (Å²) in [4.78, 5) is 9.14. The predicted octanol–water partition coefficient (Wildman–Crippen LogP) is 5.53. The summed E-state index contributed by atoms with van der Waals surface area (Å²) in [5, 5.41) is 8.58. The number of aliphatic imine (C=N–C) groups is 1. The molecule has 2 aliphatic heterocycles. The van der Waals surface area contributed by atoms with Crippen molar-refractivity contribution < 1.29 is 18.6 Å². The lowest BCUT2D eigenvalue weighted by Crippen LogP contribution is -2.37. The zero-order valence-electron chi connectivity index (χ0n) is 23.4. The number of rotatable bonds is 10. The van der Waals surface area contributed by atoms with Gasteiger partial charge >= 0.3 is 0 Å². The van der Waals surface area contributed by atoms with E-state index in [1.807, 2.05) is 48.8 Å². The van der Waals surface area contributed by atoms with E-state index < -0.39 is 0 Å². The molecule has 0 aliphatic carbocycles. The molecule has 42 heavy (non-hydrogen) atoms. The average Bonchev–Trinajstić information content (AvgIpc) is 3.49. The van der Waals surface area contributed by atoms with Crippen LogP contribution in [-0.2, 0) is 11.3 Å². The minimum Gasteiger partial charge on any atom is -0.493 e. The quantitative estimate of drug-likeness (QED) is 0.212. The van der Waals surface area contributed by atoms with Gasteiger partial charge in [0.15, 0.2) is 11.5 Å². The molecule has 1 saturated heterocycles. The number of hydrogen-bond donors (Lipinski definition) is 0. The van der Waals surface area contributed by atoms with Crippen LogP contribution < -0.4 is 14.4 Å². The van der Waals surface area contributed by atoms with Crippen molar-refractivity contribution in [1.82, 2.24) is 19.9 Å². The molecule has 3 aromatic carbocycles. The van der Waals surface area contributed by atoms with E-state index in [0.717, 1.165) is 61.8 Å². The number of aromatic nitrogens is 3. The van der Waals surface area contributed by atoms with Crippen LogP contribution in [-0.4, -0.2) is 79.3 Å². The first-order valence-electron chi connectivity index (χ1n) is 13.9. The van der Waals surface area contributed by atoms with E-state index in [1.165, 1.54) is 6.07 Å². The van der Waals surface area contributed by atoms with Gasteiger partial charge in [-0.3, -0.25) is 9.89 Å². The smallest absolute Gasteiger partial charge is 0.162 e. The first-order chi connectivity index (χ1) is 20.6. The zero-order valence-corrected chi connectivity index (χ0v) is 25.0. The van der Waals surface area contributed by atoms with Crippen LogP contribution in [0.25, 0.3) is 11.3 Å².